The van der Waals surface area contributed by atoms with Gasteiger partial charge in [0.1, 0.15) is 18.9 Å². The fraction of sp³-hybridized carbons (Fsp3) is 0.278. The number of nitrogens with one attached hydrogen (secondary N) is 1. The number of aryl methyl sites for hydroxylation is 1. The summed E-state index contributed by atoms with van der Waals surface area (Å²) in [4.78, 5) is 12.4. The van der Waals surface area contributed by atoms with Crippen molar-refractivity contribution in [1.29, 1.82) is 0 Å². The smallest absolute Gasteiger partial charge is 0.273 e. The summed E-state index contributed by atoms with van der Waals surface area (Å²) in [5.41, 5.74) is 2.42. The van der Waals surface area contributed by atoms with E-state index in [0.29, 0.717) is 18.9 Å². The Morgan fingerprint density at radius 2 is 2.28 bits per heavy atom. The van der Waals surface area contributed by atoms with Crippen molar-refractivity contribution in [2.75, 3.05) is 6.61 Å². The number of benzene rings is 1. The van der Waals surface area contributed by atoms with Gasteiger partial charge in [-0.3, -0.25) is 9.48 Å². The first kappa shape index (κ1) is 15.4. The van der Waals surface area contributed by atoms with Crippen LogP contribution in [0.5, 0.6) is 5.75 Å². The van der Waals surface area contributed by atoms with E-state index in [-0.39, 0.29) is 17.6 Å². The Hall–Kier alpha value is -3.09. The highest BCUT2D eigenvalue weighted by Crippen LogP contribution is 2.24. The van der Waals surface area contributed by atoms with E-state index in [1.165, 1.54) is 0 Å². The van der Waals surface area contributed by atoms with Gasteiger partial charge in [-0.05, 0) is 30.5 Å². The molecule has 7 nitrogen and oxygen atoms in total. The van der Waals surface area contributed by atoms with E-state index in [9.17, 15) is 4.79 Å². The van der Waals surface area contributed by atoms with E-state index < -0.39 is 0 Å². The Kier molecular flexibility index (Phi) is 3.97. The lowest BCUT2D eigenvalue weighted by Crippen LogP contribution is -2.42. The number of ether oxygens (including phenoxy) is 1. The summed E-state index contributed by atoms with van der Waals surface area (Å²) < 4.78 is 12.7. The van der Waals surface area contributed by atoms with Crippen LogP contribution in [-0.4, -0.2) is 33.5 Å². The lowest BCUT2D eigenvalue weighted by molar-refractivity contribution is 0.0906. The molecule has 1 N–H and O–H groups in total. The number of carbonyl (C=O) groups is 1. The molecule has 1 atom stereocenters. The maximum atomic E-state index is 12.4. The zero-order valence-electron chi connectivity index (χ0n) is 13.8. The van der Waals surface area contributed by atoms with Gasteiger partial charge in [-0.15, -0.1) is 0 Å². The summed E-state index contributed by atoms with van der Waals surface area (Å²) in [5, 5.41) is 11.0. The van der Waals surface area contributed by atoms with Crippen LogP contribution >= 0.6 is 0 Å². The van der Waals surface area contributed by atoms with Gasteiger partial charge in [0.25, 0.3) is 5.91 Å². The van der Waals surface area contributed by atoms with Crippen molar-refractivity contribution in [2.24, 2.45) is 0 Å². The quantitative estimate of drug-likeness (QED) is 0.786. The van der Waals surface area contributed by atoms with Gasteiger partial charge in [0, 0.05) is 12.3 Å². The lowest BCUT2D eigenvalue weighted by Gasteiger charge is -2.25. The number of para-hydroxylation sites is 1. The van der Waals surface area contributed by atoms with E-state index in [4.69, 9.17) is 9.26 Å². The average Bonchev–Trinajstić information content (AvgIpc) is 3.24. The Morgan fingerprint density at radius 3 is 3.12 bits per heavy atom. The van der Waals surface area contributed by atoms with Crippen molar-refractivity contribution in [2.45, 2.75) is 25.9 Å². The van der Waals surface area contributed by atoms with E-state index >= 15 is 0 Å². The number of hydrogen-bond acceptors (Lipinski definition) is 5. The highest BCUT2D eigenvalue weighted by Gasteiger charge is 2.23. The molecule has 3 heterocycles. The summed E-state index contributed by atoms with van der Waals surface area (Å²) in [5.74, 6) is 1.20. The molecule has 0 radical (unpaired) electrons. The van der Waals surface area contributed by atoms with Gasteiger partial charge >= 0.3 is 0 Å². The predicted octanol–water partition coefficient (Wildman–Crippen LogP) is 1.96. The molecule has 0 spiro atoms. The number of hydrogen-bond donors (Lipinski definition) is 1. The maximum Gasteiger partial charge on any atom is 0.273 e. The number of amides is 1. The molecule has 25 heavy (non-hydrogen) atoms. The van der Waals surface area contributed by atoms with E-state index in [0.717, 1.165) is 23.3 Å². The third-order valence-electron chi connectivity index (χ3n) is 4.09. The summed E-state index contributed by atoms with van der Waals surface area (Å²) in [6, 6.07) is 9.41. The first-order chi connectivity index (χ1) is 12.2. The van der Waals surface area contributed by atoms with Crippen LogP contribution in [0.15, 0.2) is 47.2 Å². The molecule has 0 fully saturated rings. The summed E-state index contributed by atoms with van der Waals surface area (Å²) in [6.07, 6.45) is 4.41. The Balaban J connectivity index is 1.39. The van der Waals surface area contributed by atoms with Gasteiger partial charge in [0.15, 0.2) is 11.5 Å². The number of carbonyl (C=O) groups excluding carboxylic acids is 1. The molecular formula is C18H18N4O3. The predicted molar refractivity (Wildman–Crippen MR) is 89.5 cm³/mol. The van der Waals surface area contributed by atoms with Crippen LogP contribution in [0.4, 0.5) is 0 Å². The minimum absolute atomic E-state index is 0.0867. The van der Waals surface area contributed by atoms with Crippen LogP contribution in [-0.2, 0) is 13.0 Å². The molecule has 4 rings (SSSR count). The minimum Gasteiger partial charge on any atom is -0.491 e. The van der Waals surface area contributed by atoms with Crippen molar-refractivity contribution in [3.05, 3.63) is 65.3 Å². The monoisotopic (exact) mass is 338 g/mol. The van der Waals surface area contributed by atoms with Crippen LogP contribution in [0.25, 0.3) is 0 Å². The largest absolute Gasteiger partial charge is 0.491 e. The van der Waals surface area contributed by atoms with Crippen LogP contribution in [0, 0.1) is 6.92 Å². The van der Waals surface area contributed by atoms with Crippen molar-refractivity contribution in [1.82, 2.24) is 20.3 Å². The SMILES string of the molecule is Cc1cnn(Cc2cc(C(=O)NC3COc4ccccc4C3)no2)c1. The summed E-state index contributed by atoms with van der Waals surface area (Å²) in [7, 11) is 0. The molecule has 0 saturated carbocycles. The van der Waals surface area contributed by atoms with Gasteiger partial charge in [-0.2, -0.15) is 5.10 Å². The lowest BCUT2D eigenvalue weighted by atomic mass is 10.0. The number of aromatic nitrogens is 3. The fourth-order valence-electron chi connectivity index (χ4n) is 2.89. The van der Waals surface area contributed by atoms with Crippen molar-refractivity contribution in [3.63, 3.8) is 0 Å². The Bertz CT molecular complexity index is 899. The number of rotatable bonds is 4. The molecule has 1 aliphatic heterocycles. The Morgan fingerprint density at radius 1 is 1.40 bits per heavy atom. The topological polar surface area (TPSA) is 82.2 Å². The average molecular weight is 338 g/mol. The highest BCUT2D eigenvalue weighted by molar-refractivity contribution is 5.92. The number of nitrogens with zero attached hydrogens (tertiary/aromatic N) is 3. The molecule has 2 aromatic heterocycles. The molecule has 128 valence electrons. The van der Waals surface area contributed by atoms with Crippen molar-refractivity contribution in [3.8, 4) is 5.75 Å². The van der Waals surface area contributed by atoms with Crippen LogP contribution in [0.2, 0.25) is 0 Å². The van der Waals surface area contributed by atoms with Crippen molar-refractivity contribution >= 4 is 5.91 Å². The standard InChI is InChI=1S/C18H18N4O3/c1-12-8-19-22(9-12)10-15-7-16(21-25-15)18(23)20-14-6-13-4-2-3-5-17(13)24-11-14/h2-5,7-9,14H,6,10-11H2,1H3,(H,20,23). The van der Waals surface area contributed by atoms with Crippen molar-refractivity contribution < 1.29 is 14.1 Å². The van der Waals surface area contributed by atoms with E-state index in [1.807, 2.05) is 37.4 Å². The zero-order chi connectivity index (χ0) is 17.2. The van der Waals surface area contributed by atoms with Gasteiger partial charge in [0.05, 0.1) is 12.2 Å². The molecule has 1 aliphatic rings. The van der Waals surface area contributed by atoms with Crippen LogP contribution in [0.1, 0.15) is 27.4 Å². The molecule has 0 bridgehead atoms. The first-order valence-corrected chi connectivity index (χ1v) is 8.13. The first-order valence-electron chi connectivity index (χ1n) is 8.13. The second-order valence-electron chi connectivity index (χ2n) is 6.19. The van der Waals surface area contributed by atoms with E-state index in [2.05, 4.69) is 15.6 Å². The molecule has 1 aromatic carbocycles. The molecule has 0 saturated heterocycles. The minimum atomic E-state index is -0.264. The molecule has 3 aromatic rings. The molecular weight excluding hydrogens is 320 g/mol. The van der Waals surface area contributed by atoms with Crippen LogP contribution in [0.3, 0.4) is 0 Å². The summed E-state index contributed by atoms with van der Waals surface area (Å²) >= 11 is 0. The molecule has 1 amide bonds. The van der Waals surface area contributed by atoms with Crippen LogP contribution < -0.4 is 10.1 Å². The zero-order valence-corrected chi connectivity index (χ0v) is 13.8. The summed E-state index contributed by atoms with van der Waals surface area (Å²) in [6.45, 7) is 2.85. The van der Waals surface area contributed by atoms with Gasteiger partial charge in [-0.1, -0.05) is 23.4 Å². The third-order valence-corrected chi connectivity index (χ3v) is 4.09. The Labute approximate surface area is 144 Å². The number of fused-ring (bicyclic) bond motifs is 1. The molecule has 7 heteroatoms. The molecule has 1 unspecified atom stereocenters. The van der Waals surface area contributed by atoms with Gasteiger partial charge in [0.2, 0.25) is 0 Å². The highest BCUT2D eigenvalue weighted by atomic mass is 16.5. The second-order valence-corrected chi connectivity index (χ2v) is 6.19. The second kappa shape index (κ2) is 6.43. The third kappa shape index (κ3) is 3.40. The molecule has 0 aliphatic carbocycles. The fourth-order valence-corrected chi connectivity index (χ4v) is 2.89. The van der Waals surface area contributed by atoms with E-state index in [1.54, 1.807) is 16.9 Å². The van der Waals surface area contributed by atoms with Gasteiger partial charge < -0.3 is 14.6 Å². The van der Waals surface area contributed by atoms with Gasteiger partial charge in [-0.25, -0.2) is 0 Å². The maximum absolute atomic E-state index is 12.4. The normalized spacial score (nSPS) is 16.1.